The number of benzene rings is 1. The van der Waals surface area contributed by atoms with E-state index in [4.69, 9.17) is 0 Å². The number of rotatable bonds is 5. The zero-order chi connectivity index (χ0) is 16.6. The molecule has 3 heteroatoms. The van der Waals surface area contributed by atoms with Gasteiger partial charge in [0.25, 0.3) is 0 Å². The molecule has 0 aromatic heterocycles. The van der Waals surface area contributed by atoms with Gasteiger partial charge < -0.3 is 5.11 Å². The van der Waals surface area contributed by atoms with Crippen LogP contribution in [-0.2, 0) is 0 Å². The largest absolute Gasteiger partial charge is 0.516 e. The first kappa shape index (κ1) is 15.7. The molecule has 0 spiro atoms. The van der Waals surface area contributed by atoms with Gasteiger partial charge in [-0.15, -0.1) is 0 Å². The molecule has 2 N–H and O–H groups in total. The van der Waals surface area contributed by atoms with E-state index in [1.54, 1.807) is 6.08 Å². The number of nitrogens with one attached hydrogen (secondary N) is 1. The minimum absolute atomic E-state index is 0.117. The second-order valence-corrected chi connectivity index (χ2v) is 8.24. The second-order valence-electron chi connectivity index (χ2n) is 8.24. The Hall–Kier alpha value is -1.79. The summed E-state index contributed by atoms with van der Waals surface area (Å²) < 4.78 is 0. The summed E-state index contributed by atoms with van der Waals surface area (Å²) in [7, 11) is 0. The molecule has 0 heterocycles. The molecule has 1 unspecified atom stereocenters. The van der Waals surface area contributed by atoms with Gasteiger partial charge in [0.15, 0.2) is 0 Å². The van der Waals surface area contributed by atoms with Gasteiger partial charge in [-0.05, 0) is 73.3 Å². The van der Waals surface area contributed by atoms with Crippen LogP contribution in [0.4, 0.5) is 0 Å². The molecule has 4 saturated carbocycles. The molecule has 4 aliphatic carbocycles. The van der Waals surface area contributed by atoms with E-state index in [0.29, 0.717) is 0 Å². The van der Waals surface area contributed by atoms with E-state index >= 15 is 0 Å². The average Bonchev–Trinajstić information content (AvgIpc) is 2.58. The van der Waals surface area contributed by atoms with Gasteiger partial charge in [0.05, 0.1) is 18.4 Å². The molecule has 4 aliphatic rings. The summed E-state index contributed by atoms with van der Waals surface area (Å²) in [6.07, 6.45) is 10.6. The Labute approximate surface area is 144 Å². The molecule has 0 saturated heterocycles. The van der Waals surface area contributed by atoms with Crippen molar-refractivity contribution in [3.63, 3.8) is 0 Å². The summed E-state index contributed by atoms with van der Waals surface area (Å²) in [5.41, 5.74) is 1.23. The normalized spacial score (nSPS) is 36.5. The number of aliphatic hydroxyl groups excluding tert-OH is 1. The topological polar surface area (TPSA) is 56.0 Å². The third-order valence-electron chi connectivity index (χ3n) is 6.61. The van der Waals surface area contributed by atoms with Crippen molar-refractivity contribution in [1.82, 2.24) is 5.32 Å². The van der Waals surface area contributed by atoms with Crippen LogP contribution in [0.1, 0.15) is 50.1 Å². The predicted octanol–water partition coefficient (Wildman–Crippen LogP) is 4.50. The van der Waals surface area contributed by atoms with Gasteiger partial charge in [-0.1, -0.05) is 30.3 Å². The zero-order valence-electron chi connectivity index (χ0n) is 14.1. The SMILES string of the molecule is N#C[C@@H](NC(/C=C/O)c1ccccc1)C12CC3CC(CC(C3)C1)C2. The van der Waals surface area contributed by atoms with Gasteiger partial charge in [-0.3, -0.25) is 5.32 Å². The van der Waals surface area contributed by atoms with Crippen LogP contribution in [-0.4, -0.2) is 11.1 Å². The summed E-state index contributed by atoms with van der Waals surface area (Å²) in [6, 6.07) is 12.4. The molecular weight excluding hydrogens is 296 g/mol. The summed E-state index contributed by atoms with van der Waals surface area (Å²) >= 11 is 0. The Morgan fingerprint density at radius 2 is 1.67 bits per heavy atom. The Morgan fingerprint density at radius 1 is 1.08 bits per heavy atom. The average molecular weight is 322 g/mol. The lowest BCUT2D eigenvalue weighted by Gasteiger charge is -2.58. The van der Waals surface area contributed by atoms with Gasteiger partial charge in [0.1, 0.15) is 6.04 Å². The summed E-state index contributed by atoms with van der Waals surface area (Å²) in [5.74, 6) is 2.49. The van der Waals surface area contributed by atoms with E-state index in [2.05, 4.69) is 11.4 Å². The van der Waals surface area contributed by atoms with Gasteiger partial charge in [0.2, 0.25) is 0 Å². The summed E-state index contributed by atoms with van der Waals surface area (Å²) in [5, 5.41) is 22.8. The lowest BCUT2D eigenvalue weighted by molar-refractivity contribution is -0.0647. The van der Waals surface area contributed by atoms with Gasteiger partial charge >= 0.3 is 0 Å². The third-order valence-corrected chi connectivity index (χ3v) is 6.61. The molecule has 4 fully saturated rings. The highest BCUT2D eigenvalue weighted by Gasteiger charge is 2.54. The molecule has 2 atom stereocenters. The molecule has 0 radical (unpaired) electrons. The Bertz CT molecular complexity index is 610. The number of nitrogens with zero attached hydrogens (tertiary/aromatic N) is 1. The van der Waals surface area contributed by atoms with Crippen LogP contribution in [0.3, 0.4) is 0 Å². The van der Waals surface area contributed by atoms with Gasteiger partial charge in [0, 0.05) is 0 Å². The van der Waals surface area contributed by atoms with E-state index in [1.807, 2.05) is 30.3 Å². The molecule has 1 aromatic rings. The standard InChI is InChI=1S/C21H26N2O/c22-14-20(23-19(6-7-24)18-4-2-1-3-5-18)21-11-15-8-16(12-21)10-17(9-15)13-21/h1-7,15-17,19-20,23-24H,8-13H2/b7-6+/t15?,16?,17?,19?,20-,21?/m1/s1. The molecule has 126 valence electrons. The molecule has 5 rings (SSSR count). The zero-order valence-corrected chi connectivity index (χ0v) is 14.1. The molecule has 1 aromatic carbocycles. The van der Waals surface area contributed by atoms with Crippen molar-refractivity contribution in [1.29, 1.82) is 5.26 Å². The third kappa shape index (κ3) is 2.74. The van der Waals surface area contributed by atoms with Crippen molar-refractivity contribution in [2.75, 3.05) is 0 Å². The van der Waals surface area contributed by atoms with Crippen LogP contribution in [0.15, 0.2) is 42.7 Å². The smallest absolute Gasteiger partial charge is 0.102 e. The van der Waals surface area contributed by atoms with Crippen LogP contribution in [0.2, 0.25) is 0 Å². The molecule has 0 amide bonds. The number of nitriles is 1. The van der Waals surface area contributed by atoms with Crippen LogP contribution < -0.4 is 5.32 Å². The quantitative estimate of drug-likeness (QED) is 0.785. The van der Waals surface area contributed by atoms with Gasteiger partial charge in [-0.25, -0.2) is 0 Å². The Morgan fingerprint density at radius 3 is 2.17 bits per heavy atom. The van der Waals surface area contributed by atoms with Crippen LogP contribution >= 0.6 is 0 Å². The molecular formula is C21H26N2O. The summed E-state index contributed by atoms with van der Waals surface area (Å²) in [4.78, 5) is 0. The highest BCUT2D eigenvalue weighted by Crippen LogP contribution is 2.61. The maximum Gasteiger partial charge on any atom is 0.102 e. The van der Waals surface area contributed by atoms with Crippen molar-refractivity contribution in [3.8, 4) is 6.07 Å². The minimum atomic E-state index is -0.146. The minimum Gasteiger partial charge on any atom is -0.516 e. The first-order valence-corrected chi connectivity index (χ1v) is 9.24. The number of aliphatic hydroxyl groups is 1. The molecule has 3 nitrogen and oxygen atoms in total. The van der Waals surface area contributed by atoms with Crippen molar-refractivity contribution in [2.24, 2.45) is 23.2 Å². The fourth-order valence-electron chi connectivity index (χ4n) is 6.07. The first-order chi connectivity index (χ1) is 11.7. The Kier molecular flexibility index (Phi) is 4.10. The van der Waals surface area contributed by atoms with Crippen molar-refractivity contribution >= 4 is 0 Å². The van der Waals surface area contributed by atoms with Crippen LogP contribution in [0.25, 0.3) is 0 Å². The van der Waals surface area contributed by atoms with Crippen molar-refractivity contribution < 1.29 is 5.11 Å². The van der Waals surface area contributed by atoms with Crippen molar-refractivity contribution in [2.45, 2.75) is 50.6 Å². The molecule has 4 bridgehead atoms. The fourth-order valence-corrected chi connectivity index (χ4v) is 6.07. The fraction of sp³-hybridized carbons (Fsp3) is 0.571. The Balaban J connectivity index is 1.58. The number of hydrogen-bond acceptors (Lipinski definition) is 3. The maximum absolute atomic E-state index is 9.95. The lowest BCUT2D eigenvalue weighted by Crippen LogP contribution is -2.55. The molecule has 0 aliphatic heterocycles. The highest BCUT2D eigenvalue weighted by atomic mass is 16.2. The number of hydrogen-bond donors (Lipinski definition) is 2. The molecule has 24 heavy (non-hydrogen) atoms. The van der Waals surface area contributed by atoms with Crippen molar-refractivity contribution in [3.05, 3.63) is 48.2 Å². The monoisotopic (exact) mass is 322 g/mol. The lowest BCUT2D eigenvalue weighted by atomic mass is 9.48. The second kappa shape index (κ2) is 6.26. The first-order valence-electron chi connectivity index (χ1n) is 9.24. The van der Waals surface area contributed by atoms with E-state index in [1.165, 1.54) is 38.5 Å². The van der Waals surface area contributed by atoms with E-state index in [0.717, 1.165) is 29.6 Å². The van der Waals surface area contributed by atoms with Crippen LogP contribution in [0, 0.1) is 34.5 Å². The predicted molar refractivity (Wildman–Crippen MR) is 94.1 cm³/mol. The summed E-state index contributed by atoms with van der Waals surface area (Å²) in [6.45, 7) is 0. The van der Waals surface area contributed by atoms with E-state index in [-0.39, 0.29) is 17.5 Å². The maximum atomic E-state index is 9.95. The van der Waals surface area contributed by atoms with Gasteiger partial charge in [-0.2, -0.15) is 5.26 Å². The van der Waals surface area contributed by atoms with Crippen LogP contribution in [0.5, 0.6) is 0 Å². The highest BCUT2D eigenvalue weighted by molar-refractivity contribution is 5.24. The van der Waals surface area contributed by atoms with E-state index in [9.17, 15) is 10.4 Å². The van der Waals surface area contributed by atoms with E-state index < -0.39 is 0 Å².